The highest BCUT2D eigenvalue weighted by atomic mass is 32.1. The Morgan fingerprint density at radius 2 is 2.26 bits per heavy atom. The molecule has 0 unspecified atom stereocenters. The fraction of sp³-hybridized carbons (Fsp3) is 0.545. The topological polar surface area (TPSA) is 89.5 Å². The lowest BCUT2D eigenvalue weighted by Crippen LogP contribution is -2.15. The fourth-order valence-corrected chi connectivity index (χ4v) is 2.84. The maximum Gasteiger partial charge on any atom is 0.234 e. The van der Waals surface area contributed by atoms with Gasteiger partial charge < -0.3 is 4.74 Å². The van der Waals surface area contributed by atoms with Gasteiger partial charge in [0.05, 0.1) is 5.69 Å². The van der Waals surface area contributed by atoms with Gasteiger partial charge in [-0.2, -0.15) is 9.94 Å². The average Bonchev–Trinajstić information content (AvgIpc) is 2.94. The third-order valence-corrected chi connectivity index (χ3v) is 4.08. The molecule has 0 radical (unpaired) electrons. The fourth-order valence-electron chi connectivity index (χ4n) is 2.07. The van der Waals surface area contributed by atoms with Crippen molar-refractivity contribution in [3.63, 3.8) is 0 Å². The highest BCUT2D eigenvalue weighted by Crippen LogP contribution is 2.38. The van der Waals surface area contributed by atoms with Crippen molar-refractivity contribution in [3.05, 3.63) is 16.4 Å². The first-order valence-electron chi connectivity index (χ1n) is 6.01. The number of rotatable bonds is 4. The van der Waals surface area contributed by atoms with Crippen molar-refractivity contribution in [3.8, 4) is 11.2 Å². The van der Waals surface area contributed by atoms with Gasteiger partial charge in [-0.15, -0.1) is 15.3 Å². The largest absolute Gasteiger partial charge is 0.377 e. The Bertz CT molecular complexity index is 623. The Balaban J connectivity index is 1.99. The minimum Gasteiger partial charge on any atom is -0.377 e. The van der Waals surface area contributed by atoms with Crippen LogP contribution in [0.25, 0.3) is 5.13 Å². The predicted octanol–water partition coefficient (Wildman–Crippen LogP) is 1.40. The molecule has 0 N–H and O–H groups in total. The summed E-state index contributed by atoms with van der Waals surface area (Å²) in [4.78, 5) is 0. The van der Waals surface area contributed by atoms with Gasteiger partial charge in [0.1, 0.15) is 17.7 Å². The summed E-state index contributed by atoms with van der Waals surface area (Å²) in [6.45, 7) is 0.427. The minimum absolute atomic E-state index is 0.361. The molecule has 0 amide bonds. The van der Waals surface area contributed by atoms with E-state index in [9.17, 15) is 0 Å². The molecular weight excluding hydrogens is 264 g/mol. The standard InChI is InChI=1S/C11H12N6OS/c1-18-6-9-14-15-11(19-9)17-10(7-3-2-4-7)8(5-12)13-16-17/h7H,2-4,6H2,1H3. The van der Waals surface area contributed by atoms with Crippen LogP contribution in [-0.4, -0.2) is 32.3 Å². The van der Waals surface area contributed by atoms with Crippen LogP contribution in [0, 0.1) is 11.3 Å². The van der Waals surface area contributed by atoms with E-state index in [4.69, 9.17) is 10.00 Å². The number of ether oxygens (including phenoxy) is 1. The smallest absolute Gasteiger partial charge is 0.234 e. The molecule has 19 heavy (non-hydrogen) atoms. The number of methoxy groups -OCH3 is 1. The van der Waals surface area contributed by atoms with Crippen LogP contribution < -0.4 is 0 Å². The number of hydrogen-bond acceptors (Lipinski definition) is 7. The second-order valence-electron chi connectivity index (χ2n) is 4.39. The molecule has 3 rings (SSSR count). The van der Waals surface area contributed by atoms with Crippen LogP contribution in [0.15, 0.2) is 0 Å². The monoisotopic (exact) mass is 276 g/mol. The van der Waals surface area contributed by atoms with Crippen LogP contribution in [0.1, 0.15) is 41.6 Å². The van der Waals surface area contributed by atoms with Gasteiger partial charge in [-0.1, -0.05) is 23.0 Å². The molecule has 98 valence electrons. The molecule has 7 nitrogen and oxygen atoms in total. The first-order chi connectivity index (χ1) is 9.33. The van der Waals surface area contributed by atoms with Crippen molar-refractivity contribution >= 4 is 11.3 Å². The molecule has 2 aromatic heterocycles. The molecule has 2 aromatic rings. The van der Waals surface area contributed by atoms with Crippen LogP contribution in [0.2, 0.25) is 0 Å². The number of hydrogen-bond donors (Lipinski definition) is 0. The van der Waals surface area contributed by atoms with Crippen LogP contribution in [0.5, 0.6) is 0 Å². The molecule has 0 saturated heterocycles. The molecule has 1 aliphatic rings. The zero-order chi connectivity index (χ0) is 13.2. The number of nitriles is 1. The summed E-state index contributed by atoms with van der Waals surface area (Å²) >= 11 is 1.40. The van der Waals surface area contributed by atoms with E-state index in [1.807, 2.05) is 0 Å². The van der Waals surface area contributed by atoms with E-state index in [2.05, 4.69) is 26.6 Å². The first-order valence-corrected chi connectivity index (χ1v) is 6.82. The predicted molar refractivity (Wildman–Crippen MR) is 66.8 cm³/mol. The number of nitrogens with zero attached hydrogens (tertiary/aromatic N) is 6. The summed E-state index contributed by atoms with van der Waals surface area (Å²) in [6.07, 6.45) is 3.34. The van der Waals surface area contributed by atoms with Crippen LogP contribution in [0.3, 0.4) is 0 Å². The van der Waals surface area contributed by atoms with Gasteiger partial charge in [0.2, 0.25) is 5.13 Å². The lowest BCUT2D eigenvalue weighted by atomic mass is 9.82. The molecule has 1 saturated carbocycles. The average molecular weight is 276 g/mol. The van der Waals surface area contributed by atoms with Crippen molar-refractivity contribution in [1.29, 1.82) is 5.26 Å². The SMILES string of the molecule is COCc1nnc(-n2nnc(C#N)c2C2CCC2)s1. The van der Waals surface area contributed by atoms with Gasteiger partial charge in [-0.3, -0.25) is 0 Å². The molecule has 0 aromatic carbocycles. The highest BCUT2D eigenvalue weighted by molar-refractivity contribution is 7.13. The molecule has 1 aliphatic carbocycles. The van der Waals surface area contributed by atoms with E-state index in [1.165, 1.54) is 17.8 Å². The van der Waals surface area contributed by atoms with Crippen molar-refractivity contribution in [2.45, 2.75) is 31.8 Å². The summed E-state index contributed by atoms with van der Waals surface area (Å²) in [5.41, 5.74) is 1.27. The van der Waals surface area contributed by atoms with E-state index in [0.29, 0.717) is 23.4 Å². The van der Waals surface area contributed by atoms with E-state index >= 15 is 0 Å². The van der Waals surface area contributed by atoms with E-state index in [0.717, 1.165) is 23.5 Å². The summed E-state index contributed by atoms with van der Waals surface area (Å²) in [6, 6.07) is 2.10. The van der Waals surface area contributed by atoms with E-state index in [1.54, 1.807) is 11.8 Å². The van der Waals surface area contributed by atoms with Crippen LogP contribution >= 0.6 is 11.3 Å². The third kappa shape index (κ3) is 2.11. The third-order valence-electron chi connectivity index (χ3n) is 3.21. The summed E-state index contributed by atoms with van der Waals surface area (Å²) in [5.74, 6) is 0.361. The Morgan fingerprint density at radius 1 is 1.42 bits per heavy atom. The number of aromatic nitrogens is 5. The van der Waals surface area contributed by atoms with Gasteiger partial charge in [-0.05, 0) is 12.8 Å². The van der Waals surface area contributed by atoms with Crippen molar-refractivity contribution in [1.82, 2.24) is 25.2 Å². The molecule has 0 bridgehead atoms. The van der Waals surface area contributed by atoms with Crippen molar-refractivity contribution < 1.29 is 4.74 Å². The Hall–Kier alpha value is -1.85. The quantitative estimate of drug-likeness (QED) is 0.838. The Labute approximate surface area is 113 Å². The molecule has 2 heterocycles. The van der Waals surface area contributed by atoms with E-state index in [-0.39, 0.29) is 0 Å². The molecule has 0 atom stereocenters. The summed E-state index contributed by atoms with van der Waals surface area (Å²) in [5, 5.41) is 26.6. The summed E-state index contributed by atoms with van der Waals surface area (Å²) < 4.78 is 6.68. The molecular formula is C11H12N6OS. The van der Waals surface area contributed by atoms with Gasteiger partial charge in [0.15, 0.2) is 5.69 Å². The van der Waals surface area contributed by atoms with E-state index < -0.39 is 0 Å². The highest BCUT2D eigenvalue weighted by Gasteiger charge is 2.29. The molecule has 1 fully saturated rings. The molecule has 8 heteroatoms. The van der Waals surface area contributed by atoms with Crippen molar-refractivity contribution in [2.75, 3.05) is 7.11 Å². The van der Waals surface area contributed by atoms with Gasteiger partial charge >= 0.3 is 0 Å². The van der Waals surface area contributed by atoms with Gasteiger partial charge in [0, 0.05) is 13.0 Å². The zero-order valence-corrected chi connectivity index (χ0v) is 11.2. The van der Waals surface area contributed by atoms with Crippen molar-refractivity contribution in [2.24, 2.45) is 0 Å². The van der Waals surface area contributed by atoms with Crippen LogP contribution in [0.4, 0.5) is 0 Å². The van der Waals surface area contributed by atoms with Gasteiger partial charge in [-0.25, -0.2) is 0 Å². The maximum absolute atomic E-state index is 9.12. The maximum atomic E-state index is 9.12. The lowest BCUT2D eigenvalue weighted by molar-refractivity contribution is 0.184. The molecule has 0 aliphatic heterocycles. The minimum atomic E-state index is 0.361. The van der Waals surface area contributed by atoms with Crippen LogP contribution in [-0.2, 0) is 11.3 Å². The van der Waals surface area contributed by atoms with Gasteiger partial charge in [0.25, 0.3) is 0 Å². The Kier molecular flexibility index (Phi) is 3.23. The summed E-state index contributed by atoms with van der Waals surface area (Å²) in [7, 11) is 1.62. The zero-order valence-electron chi connectivity index (χ0n) is 10.4. The second-order valence-corrected chi connectivity index (χ2v) is 5.43. The molecule has 0 spiro atoms. The lowest BCUT2D eigenvalue weighted by Gasteiger charge is -2.24. The first kappa shape index (κ1) is 12.2. The Morgan fingerprint density at radius 3 is 2.89 bits per heavy atom. The second kappa shape index (κ2) is 5.03. The normalized spacial score (nSPS) is 15.2.